The van der Waals surface area contributed by atoms with Gasteiger partial charge in [-0.3, -0.25) is 9.88 Å². The molecule has 0 aliphatic carbocycles. The molecular weight excluding hydrogens is 248 g/mol. The van der Waals surface area contributed by atoms with Gasteiger partial charge in [-0.25, -0.2) is 0 Å². The summed E-state index contributed by atoms with van der Waals surface area (Å²) < 4.78 is 5.34. The first-order valence-electron chi connectivity index (χ1n) is 7.15. The number of rotatable bonds is 4. The van der Waals surface area contributed by atoms with Gasteiger partial charge in [0.15, 0.2) is 0 Å². The third kappa shape index (κ3) is 2.83. The maximum absolute atomic E-state index is 5.34. The van der Waals surface area contributed by atoms with Crippen LogP contribution in [0.5, 0.6) is 5.75 Å². The third-order valence-corrected chi connectivity index (χ3v) is 3.93. The van der Waals surface area contributed by atoms with Gasteiger partial charge in [0.2, 0.25) is 0 Å². The van der Waals surface area contributed by atoms with Crippen LogP contribution in [0.1, 0.15) is 30.1 Å². The molecule has 0 spiro atoms. The van der Waals surface area contributed by atoms with Crippen LogP contribution in [-0.2, 0) is 6.54 Å². The fourth-order valence-electron chi connectivity index (χ4n) is 2.94. The topological polar surface area (TPSA) is 25.4 Å². The SMILES string of the molecule is COc1cccc(C2CCCN2Cc2ccccn2)c1. The lowest BCUT2D eigenvalue weighted by atomic mass is 10.0. The predicted molar refractivity (Wildman–Crippen MR) is 79.6 cm³/mol. The van der Waals surface area contributed by atoms with Gasteiger partial charge in [0.1, 0.15) is 5.75 Å². The first kappa shape index (κ1) is 13.1. The zero-order valence-corrected chi connectivity index (χ0v) is 11.8. The summed E-state index contributed by atoms with van der Waals surface area (Å²) in [7, 11) is 1.72. The normalized spacial score (nSPS) is 19.1. The Morgan fingerprint density at radius 1 is 1.25 bits per heavy atom. The molecule has 1 aliphatic heterocycles. The average Bonchev–Trinajstić information content (AvgIpc) is 2.96. The Labute approximate surface area is 120 Å². The number of nitrogens with zero attached hydrogens (tertiary/aromatic N) is 2. The predicted octanol–water partition coefficient (Wildman–Crippen LogP) is 3.43. The number of benzene rings is 1. The van der Waals surface area contributed by atoms with Gasteiger partial charge < -0.3 is 4.74 Å². The largest absolute Gasteiger partial charge is 0.497 e. The molecule has 1 saturated heterocycles. The quantitative estimate of drug-likeness (QED) is 0.849. The summed E-state index contributed by atoms with van der Waals surface area (Å²) in [4.78, 5) is 6.95. The standard InChI is InChI=1S/C17H20N2O/c1-20-16-8-4-6-14(12-16)17-9-5-11-19(17)13-15-7-2-3-10-18-15/h2-4,6-8,10,12,17H,5,9,11,13H2,1H3. The summed E-state index contributed by atoms with van der Waals surface area (Å²) in [5.41, 5.74) is 2.49. The van der Waals surface area contributed by atoms with Gasteiger partial charge in [-0.05, 0) is 49.2 Å². The van der Waals surface area contributed by atoms with Crippen LogP contribution in [0.15, 0.2) is 48.7 Å². The molecule has 1 atom stereocenters. The van der Waals surface area contributed by atoms with Crippen LogP contribution in [0.2, 0.25) is 0 Å². The summed E-state index contributed by atoms with van der Waals surface area (Å²) in [5, 5.41) is 0. The average molecular weight is 268 g/mol. The van der Waals surface area contributed by atoms with E-state index in [-0.39, 0.29) is 0 Å². The zero-order valence-electron chi connectivity index (χ0n) is 11.8. The summed E-state index contributed by atoms with van der Waals surface area (Å²) in [6, 6.07) is 15.0. The van der Waals surface area contributed by atoms with E-state index in [4.69, 9.17) is 4.74 Å². The Balaban J connectivity index is 1.78. The fraction of sp³-hybridized carbons (Fsp3) is 0.353. The first-order valence-corrected chi connectivity index (χ1v) is 7.15. The van der Waals surface area contributed by atoms with Crippen molar-refractivity contribution >= 4 is 0 Å². The van der Waals surface area contributed by atoms with E-state index in [9.17, 15) is 0 Å². The zero-order chi connectivity index (χ0) is 13.8. The number of likely N-dealkylation sites (tertiary alicyclic amines) is 1. The number of hydrogen-bond acceptors (Lipinski definition) is 3. The summed E-state index contributed by atoms with van der Waals surface area (Å²) in [5.74, 6) is 0.937. The molecule has 20 heavy (non-hydrogen) atoms. The Morgan fingerprint density at radius 2 is 2.20 bits per heavy atom. The molecule has 1 aliphatic rings. The van der Waals surface area contributed by atoms with Crippen molar-refractivity contribution in [3.8, 4) is 5.75 Å². The molecule has 0 saturated carbocycles. The first-order chi connectivity index (χ1) is 9.86. The van der Waals surface area contributed by atoms with Gasteiger partial charge >= 0.3 is 0 Å². The van der Waals surface area contributed by atoms with Crippen LogP contribution in [0.3, 0.4) is 0 Å². The number of pyridine rings is 1. The lowest BCUT2D eigenvalue weighted by Gasteiger charge is -2.24. The molecule has 3 heteroatoms. The van der Waals surface area contributed by atoms with Crippen LogP contribution in [0.4, 0.5) is 0 Å². The molecule has 0 bridgehead atoms. The van der Waals surface area contributed by atoms with Crippen molar-refractivity contribution in [2.24, 2.45) is 0 Å². The lowest BCUT2D eigenvalue weighted by Crippen LogP contribution is -2.23. The molecule has 3 nitrogen and oxygen atoms in total. The Bertz CT molecular complexity index is 556. The van der Waals surface area contributed by atoms with Crippen LogP contribution in [0.25, 0.3) is 0 Å². The van der Waals surface area contributed by atoms with Gasteiger partial charge in [-0.15, -0.1) is 0 Å². The van der Waals surface area contributed by atoms with E-state index >= 15 is 0 Å². The molecular formula is C17H20N2O. The number of hydrogen-bond donors (Lipinski definition) is 0. The van der Waals surface area contributed by atoms with Crippen molar-refractivity contribution < 1.29 is 4.74 Å². The molecule has 2 aromatic rings. The van der Waals surface area contributed by atoms with Crippen LogP contribution < -0.4 is 4.74 Å². The Kier molecular flexibility index (Phi) is 3.97. The highest BCUT2D eigenvalue weighted by atomic mass is 16.5. The monoisotopic (exact) mass is 268 g/mol. The second kappa shape index (κ2) is 6.06. The fourth-order valence-corrected chi connectivity index (χ4v) is 2.94. The molecule has 1 aromatic carbocycles. The minimum atomic E-state index is 0.479. The summed E-state index contributed by atoms with van der Waals surface area (Å²) in [6.45, 7) is 2.06. The highest BCUT2D eigenvalue weighted by Gasteiger charge is 2.26. The number of methoxy groups -OCH3 is 1. The molecule has 3 rings (SSSR count). The van der Waals surface area contributed by atoms with Gasteiger partial charge in [-0.2, -0.15) is 0 Å². The molecule has 1 aromatic heterocycles. The molecule has 2 heterocycles. The molecule has 104 valence electrons. The van der Waals surface area contributed by atoms with Gasteiger partial charge in [0.25, 0.3) is 0 Å². The van der Waals surface area contributed by atoms with E-state index in [1.807, 2.05) is 18.3 Å². The Hall–Kier alpha value is -1.87. The van der Waals surface area contributed by atoms with Crippen molar-refractivity contribution in [2.45, 2.75) is 25.4 Å². The molecule has 1 unspecified atom stereocenters. The van der Waals surface area contributed by atoms with Gasteiger partial charge in [-0.1, -0.05) is 18.2 Å². The van der Waals surface area contributed by atoms with Crippen molar-refractivity contribution in [2.75, 3.05) is 13.7 Å². The highest BCUT2D eigenvalue weighted by molar-refractivity contribution is 5.31. The lowest BCUT2D eigenvalue weighted by molar-refractivity contribution is 0.245. The smallest absolute Gasteiger partial charge is 0.119 e. The van der Waals surface area contributed by atoms with Gasteiger partial charge in [0.05, 0.1) is 12.8 Å². The summed E-state index contributed by atoms with van der Waals surface area (Å²) >= 11 is 0. The van der Waals surface area contributed by atoms with Crippen molar-refractivity contribution in [1.29, 1.82) is 0 Å². The van der Waals surface area contributed by atoms with Crippen molar-refractivity contribution in [1.82, 2.24) is 9.88 Å². The third-order valence-electron chi connectivity index (χ3n) is 3.93. The van der Waals surface area contributed by atoms with Crippen molar-refractivity contribution in [3.63, 3.8) is 0 Å². The highest BCUT2D eigenvalue weighted by Crippen LogP contribution is 2.34. The van der Waals surface area contributed by atoms with Gasteiger partial charge in [0, 0.05) is 18.8 Å². The minimum Gasteiger partial charge on any atom is -0.497 e. The Morgan fingerprint density at radius 3 is 3.00 bits per heavy atom. The summed E-state index contributed by atoms with van der Waals surface area (Å²) in [6.07, 6.45) is 4.32. The second-order valence-electron chi connectivity index (χ2n) is 5.23. The number of aromatic nitrogens is 1. The second-order valence-corrected chi connectivity index (χ2v) is 5.23. The molecule has 1 fully saturated rings. The van der Waals surface area contributed by atoms with E-state index in [0.717, 1.165) is 24.5 Å². The van der Waals surface area contributed by atoms with Crippen LogP contribution in [0, 0.1) is 0 Å². The molecule has 0 radical (unpaired) electrons. The molecule has 0 amide bonds. The maximum Gasteiger partial charge on any atom is 0.119 e. The minimum absolute atomic E-state index is 0.479. The van der Waals surface area contributed by atoms with E-state index in [1.54, 1.807) is 7.11 Å². The van der Waals surface area contributed by atoms with Crippen molar-refractivity contribution in [3.05, 3.63) is 59.9 Å². The van der Waals surface area contributed by atoms with E-state index < -0.39 is 0 Å². The van der Waals surface area contributed by atoms with E-state index in [0.29, 0.717) is 6.04 Å². The molecule has 0 N–H and O–H groups in total. The van der Waals surface area contributed by atoms with Crippen LogP contribution >= 0.6 is 0 Å². The van der Waals surface area contributed by atoms with E-state index in [1.165, 1.54) is 18.4 Å². The maximum atomic E-state index is 5.34. The van der Waals surface area contributed by atoms with E-state index in [2.05, 4.69) is 40.2 Å². The number of ether oxygens (including phenoxy) is 1. The van der Waals surface area contributed by atoms with Crippen LogP contribution in [-0.4, -0.2) is 23.5 Å².